The van der Waals surface area contributed by atoms with E-state index in [4.69, 9.17) is 4.74 Å². The lowest BCUT2D eigenvalue weighted by Crippen LogP contribution is -2.38. The van der Waals surface area contributed by atoms with Crippen molar-refractivity contribution in [3.63, 3.8) is 0 Å². The summed E-state index contributed by atoms with van der Waals surface area (Å²) in [6.45, 7) is 5.56. The van der Waals surface area contributed by atoms with Crippen molar-refractivity contribution in [2.75, 3.05) is 46.9 Å². The Morgan fingerprint density at radius 3 is 2.61 bits per heavy atom. The highest BCUT2D eigenvalue weighted by atomic mass is 35.5. The van der Waals surface area contributed by atoms with E-state index >= 15 is 0 Å². The zero-order valence-electron chi connectivity index (χ0n) is 14.4. The van der Waals surface area contributed by atoms with Crippen molar-refractivity contribution in [1.29, 1.82) is 0 Å². The third-order valence-electron chi connectivity index (χ3n) is 4.24. The van der Waals surface area contributed by atoms with Gasteiger partial charge in [-0.1, -0.05) is 18.2 Å². The quantitative estimate of drug-likeness (QED) is 0.695. The average Bonchev–Trinajstić information content (AvgIpc) is 2.48. The molecule has 1 aliphatic heterocycles. The maximum atomic E-state index is 5.81. The van der Waals surface area contributed by atoms with Crippen LogP contribution in [0.1, 0.15) is 25.7 Å². The molecule has 0 bridgehead atoms. The largest absolute Gasteiger partial charge is 0.492 e. The molecule has 0 aromatic heterocycles. The Kier molecular flexibility index (Phi) is 12.6. The molecule has 1 atom stereocenters. The second-order valence-electron chi connectivity index (χ2n) is 6.42. The van der Waals surface area contributed by atoms with Gasteiger partial charge in [-0.05, 0) is 70.9 Å². The molecule has 2 rings (SSSR count). The highest BCUT2D eigenvalue weighted by Crippen LogP contribution is 2.21. The zero-order chi connectivity index (χ0) is 14.9. The normalized spacial score (nSPS) is 18.1. The minimum Gasteiger partial charge on any atom is -0.492 e. The maximum Gasteiger partial charge on any atom is 0.119 e. The van der Waals surface area contributed by atoms with E-state index in [0.717, 1.165) is 24.8 Å². The van der Waals surface area contributed by atoms with Gasteiger partial charge in [0, 0.05) is 13.1 Å². The van der Waals surface area contributed by atoms with Crippen molar-refractivity contribution in [2.45, 2.75) is 25.7 Å². The standard InChI is InChI=1S/C18H30N2O.2ClH/c1-19(2)12-6-8-17-9-7-13-20(16-17)14-15-21-18-10-4-3-5-11-18;;/h3-5,10-11,17H,6-9,12-16H2,1-2H3;2*1H. The van der Waals surface area contributed by atoms with Crippen LogP contribution in [-0.4, -0.2) is 56.7 Å². The van der Waals surface area contributed by atoms with E-state index in [2.05, 4.69) is 23.9 Å². The van der Waals surface area contributed by atoms with Crippen LogP contribution >= 0.6 is 24.8 Å². The first-order valence-electron chi connectivity index (χ1n) is 8.29. The monoisotopic (exact) mass is 362 g/mol. The highest BCUT2D eigenvalue weighted by molar-refractivity contribution is 5.85. The van der Waals surface area contributed by atoms with Gasteiger partial charge in [0.2, 0.25) is 0 Å². The predicted octanol–water partition coefficient (Wildman–Crippen LogP) is 3.96. The van der Waals surface area contributed by atoms with Gasteiger partial charge in [0.1, 0.15) is 12.4 Å². The van der Waals surface area contributed by atoms with E-state index in [9.17, 15) is 0 Å². The Bertz CT molecular complexity index is 390. The smallest absolute Gasteiger partial charge is 0.119 e. The van der Waals surface area contributed by atoms with Crippen molar-refractivity contribution >= 4 is 24.8 Å². The topological polar surface area (TPSA) is 15.7 Å². The molecule has 0 saturated carbocycles. The number of hydrogen-bond donors (Lipinski definition) is 0. The van der Waals surface area contributed by atoms with Crippen LogP contribution in [0.4, 0.5) is 0 Å². The van der Waals surface area contributed by atoms with Crippen LogP contribution < -0.4 is 4.74 Å². The van der Waals surface area contributed by atoms with Crippen LogP contribution in [0.3, 0.4) is 0 Å². The van der Waals surface area contributed by atoms with E-state index in [1.165, 1.54) is 45.3 Å². The molecule has 0 N–H and O–H groups in total. The van der Waals surface area contributed by atoms with Crippen LogP contribution in [0.2, 0.25) is 0 Å². The predicted molar refractivity (Wildman–Crippen MR) is 103 cm³/mol. The minimum absolute atomic E-state index is 0. The molecule has 0 amide bonds. The first kappa shape index (κ1) is 22.5. The SMILES string of the molecule is CN(C)CCCC1CCCN(CCOc2ccccc2)C1.Cl.Cl. The minimum atomic E-state index is 0. The van der Waals surface area contributed by atoms with E-state index in [0.29, 0.717) is 0 Å². The van der Waals surface area contributed by atoms with E-state index in [-0.39, 0.29) is 24.8 Å². The van der Waals surface area contributed by atoms with Crippen LogP contribution in [0.15, 0.2) is 30.3 Å². The fraction of sp³-hybridized carbons (Fsp3) is 0.667. The number of ether oxygens (including phenoxy) is 1. The summed E-state index contributed by atoms with van der Waals surface area (Å²) in [4.78, 5) is 4.86. The summed E-state index contributed by atoms with van der Waals surface area (Å²) < 4.78 is 5.81. The fourth-order valence-corrected chi connectivity index (χ4v) is 3.10. The summed E-state index contributed by atoms with van der Waals surface area (Å²) in [5.41, 5.74) is 0. The van der Waals surface area contributed by atoms with Crippen molar-refractivity contribution in [3.05, 3.63) is 30.3 Å². The Morgan fingerprint density at radius 1 is 1.17 bits per heavy atom. The summed E-state index contributed by atoms with van der Waals surface area (Å²) in [6, 6.07) is 10.1. The summed E-state index contributed by atoms with van der Waals surface area (Å²) in [6.07, 6.45) is 5.45. The number of para-hydroxylation sites is 1. The number of hydrogen-bond acceptors (Lipinski definition) is 3. The molecule has 1 saturated heterocycles. The molecule has 1 fully saturated rings. The van der Waals surface area contributed by atoms with Crippen LogP contribution in [0.25, 0.3) is 0 Å². The maximum absolute atomic E-state index is 5.81. The third kappa shape index (κ3) is 9.41. The molecule has 1 aromatic rings. The molecule has 3 nitrogen and oxygen atoms in total. The van der Waals surface area contributed by atoms with Gasteiger partial charge in [-0.3, -0.25) is 4.90 Å². The lowest BCUT2D eigenvalue weighted by molar-refractivity contribution is 0.140. The summed E-state index contributed by atoms with van der Waals surface area (Å²) in [5.74, 6) is 1.87. The molecular formula is C18H32Cl2N2O. The highest BCUT2D eigenvalue weighted by Gasteiger charge is 2.19. The van der Waals surface area contributed by atoms with Crippen molar-refractivity contribution in [1.82, 2.24) is 9.80 Å². The second kappa shape index (κ2) is 12.9. The van der Waals surface area contributed by atoms with Crippen molar-refractivity contribution in [3.8, 4) is 5.75 Å². The molecule has 1 aliphatic rings. The third-order valence-corrected chi connectivity index (χ3v) is 4.24. The second-order valence-corrected chi connectivity index (χ2v) is 6.42. The molecule has 1 aromatic carbocycles. The van der Waals surface area contributed by atoms with Gasteiger partial charge in [0.25, 0.3) is 0 Å². The first-order valence-corrected chi connectivity index (χ1v) is 8.29. The molecule has 0 aliphatic carbocycles. The molecule has 1 unspecified atom stereocenters. The molecule has 134 valence electrons. The number of nitrogens with zero attached hydrogens (tertiary/aromatic N) is 2. The number of benzene rings is 1. The van der Waals surface area contributed by atoms with Gasteiger partial charge in [-0.2, -0.15) is 0 Å². The molecule has 5 heteroatoms. The van der Waals surface area contributed by atoms with Gasteiger partial charge >= 0.3 is 0 Å². The van der Waals surface area contributed by atoms with Crippen LogP contribution in [0.5, 0.6) is 5.75 Å². The van der Waals surface area contributed by atoms with Gasteiger partial charge in [0.05, 0.1) is 0 Å². The molecule has 0 spiro atoms. The Hall–Kier alpha value is -0.480. The van der Waals surface area contributed by atoms with Crippen LogP contribution in [-0.2, 0) is 0 Å². The van der Waals surface area contributed by atoms with E-state index < -0.39 is 0 Å². The van der Waals surface area contributed by atoms with Crippen molar-refractivity contribution < 1.29 is 4.74 Å². The molecule has 0 radical (unpaired) electrons. The Balaban J connectivity index is 0.00000242. The number of piperidine rings is 1. The molecular weight excluding hydrogens is 331 g/mol. The molecule has 1 heterocycles. The van der Waals surface area contributed by atoms with Gasteiger partial charge in [-0.25, -0.2) is 0 Å². The molecule has 23 heavy (non-hydrogen) atoms. The lowest BCUT2D eigenvalue weighted by Gasteiger charge is -2.32. The lowest BCUT2D eigenvalue weighted by atomic mass is 9.93. The van der Waals surface area contributed by atoms with Gasteiger partial charge in [0.15, 0.2) is 0 Å². The summed E-state index contributed by atoms with van der Waals surface area (Å²) >= 11 is 0. The summed E-state index contributed by atoms with van der Waals surface area (Å²) in [5, 5.41) is 0. The average molecular weight is 363 g/mol. The Morgan fingerprint density at radius 2 is 1.91 bits per heavy atom. The number of halogens is 2. The zero-order valence-corrected chi connectivity index (χ0v) is 16.1. The van der Waals surface area contributed by atoms with Gasteiger partial charge < -0.3 is 9.64 Å². The van der Waals surface area contributed by atoms with Crippen molar-refractivity contribution in [2.24, 2.45) is 5.92 Å². The first-order chi connectivity index (χ1) is 10.2. The van der Waals surface area contributed by atoms with Crippen LogP contribution in [0, 0.1) is 5.92 Å². The van der Waals surface area contributed by atoms with E-state index in [1.807, 2.05) is 30.3 Å². The van der Waals surface area contributed by atoms with Gasteiger partial charge in [-0.15, -0.1) is 24.8 Å². The number of likely N-dealkylation sites (tertiary alicyclic amines) is 1. The van der Waals surface area contributed by atoms with E-state index in [1.54, 1.807) is 0 Å². The summed E-state index contributed by atoms with van der Waals surface area (Å²) in [7, 11) is 4.32. The number of rotatable bonds is 8. The Labute approximate surface area is 154 Å². The fourth-order valence-electron chi connectivity index (χ4n) is 3.10.